The summed E-state index contributed by atoms with van der Waals surface area (Å²) in [5.74, 6) is 12.5. The van der Waals surface area contributed by atoms with Crippen molar-refractivity contribution < 1.29 is 47.7 Å². The third-order valence-electron chi connectivity index (χ3n) is 31.6. The van der Waals surface area contributed by atoms with E-state index in [2.05, 4.69) is 76.2 Å². The largest absolute Gasteiger partial charge is 0.459 e. The van der Waals surface area contributed by atoms with Gasteiger partial charge in [0.25, 0.3) is 0 Å². The average Bonchev–Trinajstić information content (AvgIpc) is 0.742. The van der Waals surface area contributed by atoms with Gasteiger partial charge in [0.2, 0.25) is 0 Å². The molecule has 0 aromatic rings. The zero-order chi connectivity index (χ0) is 71.5. The number of carbonyl (C=O) groups excluding carboxylic acids is 5. The molecule has 0 saturated heterocycles. The van der Waals surface area contributed by atoms with Crippen LogP contribution in [0.5, 0.6) is 0 Å². The Hall–Kier alpha value is -2.65. The van der Waals surface area contributed by atoms with E-state index in [0.29, 0.717) is 41.4 Å². The third kappa shape index (κ3) is 15.9. The van der Waals surface area contributed by atoms with Crippen molar-refractivity contribution in [2.75, 3.05) is 0 Å². The van der Waals surface area contributed by atoms with Crippen LogP contribution in [0.2, 0.25) is 0 Å². The van der Waals surface area contributed by atoms with Gasteiger partial charge >= 0.3 is 29.8 Å². The lowest BCUT2D eigenvalue weighted by Gasteiger charge is -2.62. The molecule has 0 atom stereocenters. The lowest BCUT2D eigenvalue weighted by molar-refractivity contribution is -0.231. The highest BCUT2D eigenvalue weighted by Crippen LogP contribution is 2.67. The molecule has 16 bridgehead atoms. The highest BCUT2D eigenvalue weighted by Gasteiger charge is 2.64. The Morgan fingerprint density at radius 1 is 0.351 bits per heavy atom. The molecule has 0 unspecified atom stereocenters. The molecule has 0 aromatic carbocycles. The molecule has 17 saturated carbocycles. The Morgan fingerprint density at radius 3 is 0.979 bits per heavy atom. The Bertz CT molecular complexity index is 2590. The van der Waals surface area contributed by atoms with Gasteiger partial charge in [-0.05, 0) is 390 Å². The number of carbonyl (C=O) groups is 5. The molecule has 17 fully saturated rings. The number of rotatable bonds is 19. The minimum atomic E-state index is -0.362. The number of esters is 5. The van der Waals surface area contributed by atoms with E-state index >= 15 is 0 Å². The van der Waals surface area contributed by atoms with Gasteiger partial charge in [0, 0.05) is 5.41 Å². The van der Waals surface area contributed by atoms with Gasteiger partial charge < -0.3 is 23.7 Å². The van der Waals surface area contributed by atoms with Crippen molar-refractivity contribution in [3.05, 3.63) is 0 Å². The Labute approximate surface area is 593 Å². The van der Waals surface area contributed by atoms with E-state index in [1.807, 2.05) is 76.2 Å². The summed E-state index contributed by atoms with van der Waals surface area (Å²) in [4.78, 5) is 62.6. The number of ether oxygens (including phenoxy) is 5. The molecule has 0 spiro atoms. The van der Waals surface area contributed by atoms with Gasteiger partial charge in [0.15, 0.2) is 0 Å². The van der Waals surface area contributed by atoms with Crippen LogP contribution in [-0.4, -0.2) is 57.9 Å². The van der Waals surface area contributed by atoms with Crippen LogP contribution < -0.4 is 0 Å². The van der Waals surface area contributed by atoms with E-state index in [-0.39, 0.29) is 90.3 Å². The van der Waals surface area contributed by atoms with Crippen LogP contribution in [0.25, 0.3) is 0 Å². The van der Waals surface area contributed by atoms with Gasteiger partial charge in [-0.1, -0.05) is 68.7 Å². The first-order chi connectivity index (χ1) is 45.2. The first-order valence-corrected chi connectivity index (χ1v) is 41.4. The van der Waals surface area contributed by atoms with Gasteiger partial charge in [-0.15, -0.1) is 0 Å². The third-order valence-corrected chi connectivity index (χ3v) is 31.6. The van der Waals surface area contributed by atoms with Gasteiger partial charge in [-0.2, -0.15) is 0 Å². The minimum absolute atomic E-state index is 0.00857. The molecule has 0 radical (unpaired) electrons. The second kappa shape index (κ2) is 29.5. The van der Waals surface area contributed by atoms with Crippen LogP contribution in [0.15, 0.2) is 0 Å². The topological polar surface area (TPSA) is 132 Å². The van der Waals surface area contributed by atoms with Crippen molar-refractivity contribution in [3.63, 3.8) is 0 Å². The standard InChI is InChI=1S/2C19H32O2.C18H30O2.C17H28O2.C14H26O2/c1-6-17(2,3)16(20)21-18(4,5)19-10-13-7-14(11-19)9-15(8-13)12-19;1-6-18(4,5)17(20)21-19(12(2)3)15-8-13-7-14(10-15)11-16(19)9-13;1-5-17(3,4)16(19)20-18(6-2)14-8-12-7-13(10-14)11-15(18)9-12;1-5-16(2,3)15(18)19-17(4)13-7-11-6-12(9-13)10-14(17)8-11;1-5-13(3,4)12(15)16-14(6-2)10-8-7-9-11-14/h13-15H,6-12H2,1-5H3;12-16H,6-11H2,1-5H3;12-15H,5-11H2,1-4H3;11-14H,5-10H2,1-4H3;5-11H2,1-4H3. The number of hydrogen-bond acceptors (Lipinski definition) is 10. The fraction of sp³-hybridized carbons (Fsp3) is 0.943. The zero-order valence-electron chi connectivity index (χ0n) is 66.7. The molecule has 10 heteroatoms. The summed E-state index contributed by atoms with van der Waals surface area (Å²) in [6, 6.07) is 0. The summed E-state index contributed by atoms with van der Waals surface area (Å²) < 4.78 is 30.8. The summed E-state index contributed by atoms with van der Waals surface area (Å²) in [7, 11) is 0. The van der Waals surface area contributed by atoms with Crippen molar-refractivity contribution in [1.29, 1.82) is 0 Å². The first-order valence-electron chi connectivity index (χ1n) is 41.4. The second-order valence-electron chi connectivity index (χ2n) is 40.4. The quantitative estimate of drug-likeness (QED) is 0.0910. The van der Waals surface area contributed by atoms with E-state index in [1.54, 1.807) is 0 Å². The van der Waals surface area contributed by atoms with Crippen molar-refractivity contribution in [3.8, 4) is 0 Å². The van der Waals surface area contributed by atoms with Crippen LogP contribution in [0.3, 0.4) is 0 Å². The highest BCUT2D eigenvalue weighted by atomic mass is 16.6. The normalized spacial score (nSPS) is 38.3. The molecule has 556 valence electrons. The SMILES string of the molecule is CCC(C)(C)C(=O)OC(C)(C)C12CC3CC(CC(C3)C1)C2.CCC(C)(C)C(=O)OC1(C(C)C)C2CC3CC(C2)CC1C3.CCC(C)(C)C(=O)OC1(C)C2CC3CC(C2)CC1C3.CCC(C)(C)C(=O)OC1(CC)C2CC3CC(C2)CC1C3.CCC1(OC(=O)C(C)(C)CC)CCCCC1. The summed E-state index contributed by atoms with van der Waals surface area (Å²) in [6.45, 7) is 45.9. The molecule has 17 rings (SSSR count). The Kier molecular flexibility index (Phi) is 23.8. The van der Waals surface area contributed by atoms with E-state index in [9.17, 15) is 24.0 Å². The van der Waals surface area contributed by atoms with Crippen molar-refractivity contribution >= 4 is 29.8 Å². The van der Waals surface area contributed by atoms with E-state index < -0.39 is 0 Å². The zero-order valence-corrected chi connectivity index (χ0v) is 66.7. The van der Waals surface area contributed by atoms with Crippen molar-refractivity contribution in [2.24, 2.45) is 127 Å². The lowest BCUT2D eigenvalue weighted by atomic mass is 9.46. The van der Waals surface area contributed by atoms with E-state index in [1.165, 1.54) is 154 Å². The number of hydrogen-bond donors (Lipinski definition) is 0. The monoisotopic (exact) mass is 1350 g/mol. The van der Waals surface area contributed by atoms with Gasteiger partial charge in [-0.25, -0.2) is 0 Å². The maximum atomic E-state index is 12.8. The Morgan fingerprint density at radius 2 is 0.649 bits per heavy atom. The lowest BCUT2D eigenvalue weighted by Crippen LogP contribution is -2.63. The van der Waals surface area contributed by atoms with Crippen LogP contribution in [0.1, 0.15) is 364 Å². The maximum absolute atomic E-state index is 12.8. The van der Waals surface area contributed by atoms with Crippen LogP contribution in [0.4, 0.5) is 0 Å². The molecule has 0 aromatic heterocycles. The summed E-state index contributed by atoms with van der Waals surface area (Å²) in [5, 5.41) is 0. The smallest absolute Gasteiger partial charge is 0.312 e. The van der Waals surface area contributed by atoms with Crippen LogP contribution >= 0.6 is 0 Å². The summed E-state index contributed by atoms with van der Waals surface area (Å²) in [5.41, 5.74) is -2.40. The molecule has 97 heavy (non-hydrogen) atoms. The molecule has 10 nitrogen and oxygen atoms in total. The molecule has 0 heterocycles. The molecule has 0 aliphatic heterocycles. The molecular formula is C87H148O10. The molecule has 0 N–H and O–H groups in total. The van der Waals surface area contributed by atoms with Crippen molar-refractivity contribution in [2.45, 2.75) is 392 Å². The minimum Gasteiger partial charge on any atom is -0.459 e. The second-order valence-corrected chi connectivity index (χ2v) is 40.4. The molecular weight excluding hydrogens is 1200 g/mol. The fourth-order valence-corrected chi connectivity index (χ4v) is 23.3. The maximum Gasteiger partial charge on any atom is 0.312 e. The Balaban J connectivity index is 0.000000143. The average molecular weight is 1350 g/mol. The van der Waals surface area contributed by atoms with E-state index in [4.69, 9.17) is 23.7 Å². The van der Waals surface area contributed by atoms with Gasteiger partial charge in [0.1, 0.15) is 28.0 Å². The molecule has 17 aliphatic carbocycles. The van der Waals surface area contributed by atoms with Crippen LogP contribution in [-0.2, 0) is 47.7 Å². The first kappa shape index (κ1) is 78.5. The summed E-state index contributed by atoms with van der Waals surface area (Å²) >= 11 is 0. The van der Waals surface area contributed by atoms with Gasteiger partial charge in [-0.3, -0.25) is 24.0 Å². The molecule has 17 aliphatic rings. The highest BCUT2D eigenvalue weighted by molar-refractivity contribution is 5.78. The van der Waals surface area contributed by atoms with Crippen molar-refractivity contribution in [1.82, 2.24) is 0 Å². The van der Waals surface area contributed by atoms with Crippen LogP contribution in [0, 0.1) is 127 Å². The predicted molar refractivity (Wildman–Crippen MR) is 392 cm³/mol. The van der Waals surface area contributed by atoms with E-state index in [0.717, 1.165) is 111 Å². The predicted octanol–water partition coefficient (Wildman–Crippen LogP) is 22.6. The van der Waals surface area contributed by atoms with Gasteiger partial charge in [0.05, 0.1) is 27.1 Å². The fourth-order valence-electron chi connectivity index (χ4n) is 23.3. The molecule has 0 amide bonds. The summed E-state index contributed by atoms with van der Waals surface area (Å²) in [6.07, 6.45) is 40.1.